The molecule has 1 aromatic rings. The van der Waals surface area contributed by atoms with E-state index < -0.39 is 0 Å². The Labute approximate surface area is 122 Å². The molecule has 1 aliphatic heterocycles. The van der Waals surface area contributed by atoms with Crippen LogP contribution in [0.15, 0.2) is 24.3 Å². The average molecular weight is 358 g/mol. The van der Waals surface area contributed by atoms with Crippen LogP contribution in [0.1, 0.15) is 37.8 Å². The minimum atomic E-state index is -0.0539. The van der Waals surface area contributed by atoms with Crippen LogP contribution in [0.4, 0.5) is 0 Å². The molecule has 2 atom stereocenters. The molecule has 0 aromatic heterocycles. The molecule has 1 aromatic carbocycles. The molecule has 98 valence electrons. The third-order valence-electron chi connectivity index (χ3n) is 3.36. The maximum Gasteiger partial charge on any atom is 0.237 e. The molecule has 0 bridgehead atoms. The van der Waals surface area contributed by atoms with Crippen molar-refractivity contribution in [1.29, 1.82) is 0 Å². The quantitative estimate of drug-likeness (QED) is 0.816. The first-order valence-electron chi connectivity index (χ1n) is 6.46. The van der Waals surface area contributed by atoms with Crippen LogP contribution in [0, 0.1) is 3.57 Å². The molecular weight excluding hydrogens is 339 g/mol. The highest BCUT2D eigenvalue weighted by Gasteiger charge is 2.22. The van der Waals surface area contributed by atoms with E-state index in [1.807, 2.05) is 0 Å². The molecular formula is C14H19IN2O. The summed E-state index contributed by atoms with van der Waals surface area (Å²) in [5, 5.41) is 6.39. The zero-order valence-electron chi connectivity index (χ0n) is 10.6. The van der Waals surface area contributed by atoms with Gasteiger partial charge >= 0.3 is 0 Å². The van der Waals surface area contributed by atoms with Crippen LogP contribution in [0.2, 0.25) is 0 Å². The van der Waals surface area contributed by atoms with Crippen LogP contribution >= 0.6 is 22.6 Å². The monoisotopic (exact) mass is 358 g/mol. The summed E-state index contributed by atoms with van der Waals surface area (Å²) in [6.07, 6.45) is 3.12. The van der Waals surface area contributed by atoms with E-state index >= 15 is 0 Å². The molecule has 1 amide bonds. The smallest absolute Gasteiger partial charge is 0.237 e. The van der Waals surface area contributed by atoms with Crippen LogP contribution < -0.4 is 10.6 Å². The largest absolute Gasteiger partial charge is 0.355 e. The van der Waals surface area contributed by atoms with Crippen molar-refractivity contribution in [3.63, 3.8) is 0 Å². The molecule has 1 saturated heterocycles. The summed E-state index contributed by atoms with van der Waals surface area (Å²) < 4.78 is 1.23. The van der Waals surface area contributed by atoms with Gasteiger partial charge in [-0.3, -0.25) is 10.1 Å². The van der Waals surface area contributed by atoms with Gasteiger partial charge in [0.2, 0.25) is 5.91 Å². The maximum absolute atomic E-state index is 11.9. The van der Waals surface area contributed by atoms with Gasteiger partial charge in [0, 0.05) is 16.2 Å². The van der Waals surface area contributed by atoms with Crippen LogP contribution in [0.25, 0.3) is 0 Å². The zero-order valence-corrected chi connectivity index (χ0v) is 12.7. The molecule has 1 fully saturated rings. The van der Waals surface area contributed by atoms with E-state index in [-0.39, 0.29) is 18.0 Å². The number of carbonyl (C=O) groups excluding carboxylic acids is 1. The van der Waals surface area contributed by atoms with Crippen molar-refractivity contribution in [2.45, 2.75) is 38.3 Å². The molecule has 0 spiro atoms. The number of benzene rings is 1. The lowest BCUT2D eigenvalue weighted by Crippen LogP contribution is -2.43. The number of hydrogen-bond acceptors (Lipinski definition) is 2. The summed E-state index contributed by atoms with van der Waals surface area (Å²) in [4.78, 5) is 11.9. The minimum Gasteiger partial charge on any atom is -0.355 e. The highest BCUT2D eigenvalue weighted by atomic mass is 127. The zero-order chi connectivity index (χ0) is 13.0. The fourth-order valence-corrected chi connectivity index (χ4v) is 2.61. The van der Waals surface area contributed by atoms with Gasteiger partial charge in [0.05, 0.1) is 6.04 Å². The second kappa shape index (κ2) is 6.52. The molecule has 18 heavy (non-hydrogen) atoms. The second-order valence-corrected chi connectivity index (χ2v) is 6.02. The van der Waals surface area contributed by atoms with Crippen molar-refractivity contribution in [1.82, 2.24) is 10.6 Å². The molecule has 0 saturated carbocycles. The van der Waals surface area contributed by atoms with Gasteiger partial charge in [-0.25, -0.2) is 0 Å². The Balaban J connectivity index is 1.99. The van der Waals surface area contributed by atoms with Gasteiger partial charge in [0.15, 0.2) is 0 Å². The van der Waals surface area contributed by atoms with Crippen molar-refractivity contribution in [2.24, 2.45) is 0 Å². The normalized spacial score (nSPS) is 22.1. The Kier molecular flexibility index (Phi) is 5.00. The Morgan fingerprint density at radius 3 is 2.78 bits per heavy atom. The van der Waals surface area contributed by atoms with Crippen molar-refractivity contribution < 1.29 is 4.79 Å². The van der Waals surface area contributed by atoms with E-state index in [1.165, 1.54) is 9.13 Å². The highest BCUT2D eigenvalue weighted by Crippen LogP contribution is 2.17. The molecule has 1 aliphatic rings. The average Bonchev–Trinajstić information content (AvgIpc) is 2.56. The van der Waals surface area contributed by atoms with E-state index in [1.54, 1.807) is 0 Å². The van der Waals surface area contributed by atoms with Crippen molar-refractivity contribution >= 4 is 28.5 Å². The fourth-order valence-electron chi connectivity index (χ4n) is 2.25. The lowest BCUT2D eigenvalue weighted by Gasteiger charge is -2.21. The predicted octanol–water partition coefficient (Wildman–Crippen LogP) is 2.61. The molecule has 1 heterocycles. The highest BCUT2D eigenvalue weighted by molar-refractivity contribution is 14.1. The van der Waals surface area contributed by atoms with E-state index in [2.05, 4.69) is 64.4 Å². The van der Waals surface area contributed by atoms with Crippen molar-refractivity contribution in [2.75, 3.05) is 6.54 Å². The van der Waals surface area contributed by atoms with Gasteiger partial charge in [-0.15, -0.1) is 0 Å². The summed E-state index contributed by atoms with van der Waals surface area (Å²) in [5.74, 6) is 0.143. The van der Waals surface area contributed by atoms with Crippen molar-refractivity contribution in [3.05, 3.63) is 33.4 Å². The lowest BCUT2D eigenvalue weighted by atomic mass is 10.1. The first-order chi connectivity index (χ1) is 8.66. The number of rotatable bonds is 3. The van der Waals surface area contributed by atoms with Gasteiger partial charge in [-0.05, 0) is 66.5 Å². The Morgan fingerprint density at radius 1 is 1.33 bits per heavy atom. The predicted molar refractivity (Wildman–Crippen MR) is 81.4 cm³/mol. The molecule has 0 aliphatic carbocycles. The van der Waals surface area contributed by atoms with Gasteiger partial charge in [0.25, 0.3) is 0 Å². The summed E-state index contributed by atoms with van der Waals surface area (Å²) in [6.45, 7) is 2.93. The van der Waals surface area contributed by atoms with Crippen LogP contribution in [-0.4, -0.2) is 18.5 Å². The number of carbonyl (C=O) groups is 1. The summed E-state index contributed by atoms with van der Waals surface area (Å²) in [5.41, 5.74) is 1.23. The number of nitrogens with one attached hydrogen (secondary N) is 2. The Morgan fingerprint density at radius 2 is 2.06 bits per heavy atom. The van der Waals surface area contributed by atoms with Gasteiger partial charge in [-0.1, -0.05) is 12.1 Å². The van der Waals surface area contributed by atoms with Crippen LogP contribution in [0.5, 0.6) is 0 Å². The molecule has 3 nitrogen and oxygen atoms in total. The fraction of sp³-hybridized carbons (Fsp3) is 0.500. The lowest BCUT2D eigenvalue weighted by molar-refractivity contribution is -0.123. The first kappa shape index (κ1) is 13.8. The van der Waals surface area contributed by atoms with Crippen LogP contribution in [0.3, 0.4) is 0 Å². The number of hydrogen-bond donors (Lipinski definition) is 2. The standard InChI is InChI=1S/C14H19IN2O/c1-10(11-5-7-12(15)8-6-11)17-13-4-2-3-9-16-14(13)18/h5-8,10,13,17H,2-4,9H2,1H3,(H,16,18). The Bertz CT molecular complexity index is 405. The topological polar surface area (TPSA) is 41.1 Å². The second-order valence-electron chi connectivity index (χ2n) is 4.78. The van der Waals surface area contributed by atoms with Gasteiger partial charge < -0.3 is 5.32 Å². The Hall–Kier alpha value is -0.620. The van der Waals surface area contributed by atoms with Crippen LogP contribution in [-0.2, 0) is 4.79 Å². The number of amides is 1. The summed E-state index contributed by atoms with van der Waals surface area (Å²) in [7, 11) is 0. The maximum atomic E-state index is 11.9. The number of halogens is 1. The third-order valence-corrected chi connectivity index (χ3v) is 4.08. The van der Waals surface area contributed by atoms with Gasteiger partial charge in [-0.2, -0.15) is 0 Å². The van der Waals surface area contributed by atoms with E-state index in [9.17, 15) is 4.79 Å². The third kappa shape index (κ3) is 3.68. The van der Waals surface area contributed by atoms with Gasteiger partial charge in [0.1, 0.15) is 0 Å². The summed E-state index contributed by atoms with van der Waals surface area (Å²) in [6, 6.07) is 8.59. The molecule has 2 unspecified atom stereocenters. The molecule has 0 radical (unpaired) electrons. The van der Waals surface area contributed by atoms with E-state index in [0.717, 1.165) is 25.8 Å². The molecule has 2 N–H and O–H groups in total. The minimum absolute atomic E-state index is 0.0539. The van der Waals surface area contributed by atoms with Crippen molar-refractivity contribution in [3.8, 4) is 0 Å². The summed E-state index contributed by atoms with van der Waals surface area (Å²) >= 11 is 2.30. The van der Waals surface area contributed by atoms with E-state index in [4.69, 9.17) is 0 Å². The first-order valence-corrected chi connectivity index (χ1v) is 7.54. The molecule has 4 heteroatoms. The molecule has 2 rings (SSSR count). The SMILES string of the molecule is CC(NC1CCCCNC1=O)c1ccc(I)cc1. The van der Waals surface area contributed by atoms with E-state index in [0.29, 0.717) is 0 Å².